The first-order valence-corrected chi connectivity index (χ1v) is 8.13. The average Bonchev–Trinajstić information content (AvgIpc) is 2.39. The zero-order valence-electron chi connectivity index (χ0n) is 11.0. The number of hydrogen-bond acceptors (Lipinski definition) is 2. The van der Waals surface area contributed by atoms with Gasteiger partial charge in [-0.15, -0.1) is 0 Å². The van der Waals surface area contributed by atoms with Crippen LogP contribution in [0.15, 0.2) is 45.8 Å². The Balaban J connectivity index is 2.42. The summed E-state index contributed by atoms with van der Waals surface area (Å²) in [7, 11) is -4.47. The van der Waals surface area contributed by atoms with Crippen LogP contribution in [0.3, 0.4) is 0 Å². The molecule has 0 heterocycles. The van der Waals surface area contributed by atoms with E-state index in [1.165, 1.54) is 6.07 Å². The fraction of sp³-hybridized carbons (Fsp3) is 0.0769. The maximum atomic E-state index is 13.7. The van der Waals surface area contributed by atoms with E-state index in [9.17, 15) is 30.4 Å². The highest BCUT2D eigenvalue weighted by molar-refractivity contribution is 9.10. The summed E-state index contributed by atoms with van der Waals surface area (Å²) < 4.78 is 90.8. The predicted molar refractivity (Wildman–Crippen MR) is 76.3 cm³/mol. The molecule has 0 saturated heterocycles. The molecule has 10 heteroatoms. The van der Waals surface area contributed by atoms with Crippen molar-refractivity contribution in [3.05, 3.63) is 58.1 Å². The average molecular weight is 416 g/mol. The molecule has 124 valence electrons. The van der Waals surface area contributed by atoms with E-state index in [0.29, 0.717) is 12.1 Å². The predicted octanol–water partition coefficient (Wildman–Crippen LogP) is 4.55. The molecule has 2 rings (SSSR count). The topological polar surface area (TPSA) is 46.2 Å². The van der Waals surface area contributed by atoms with Crippen LogP contribution in [0.4, 0.5) is 27.6 Å². The fourth-order valence-corrected chi connectivity index (χ4v) is 3.15. The van der Waals surface area contributed by atoms with Crippen LogP contribution in [0.5, 0.6) is 0 Å². The molecule has 0 aliphatic rings. The molecule has 3 nitrogen and oxygen atoms in total. The number of hydrogen-bond donors (Lipinski definition) is 1. The lowest BCUT2D eigenvalue weighted by atomic mass is 10.2. The third kappa shape index (κ3) is 3.99. The van der Waals surface area contributed by atoms with Gasteiger partial charge in [-0.3, -0.25) is 4.72 Å². The summed E-state index contributed by atoms with van der Waals surface area (Å²) in [6.07, 6.45) is -4.99. The molecule has 0 spiro atoms. The molecule has 0 saturated carbocycles. The monoisotopic (exact) mass is 415 g/mol. The van der Waals surface area contributed by atoms with Gasteiger partial charge in [0.1, 0.15) is 16.5 Å². The van der Waals surface area contributed by atoms with Gasteiger partial charge in [0.25, 0.3) is 10.0 Å². The minimum atomic E-state index is -4.99. The summed E-state index contributed by atoms with van der Waals surface area (Å²) >= 11 is 2.95. The third-order valence-corrected chi connectivity index (χ3v) is 4.62. The summed E-state index contributed by atoms with van der Waals surface area (Å²) in [6, 6.07) is 4.65. The Hall–Kier alpha value is -1.68. The van der Waals surface area contributed by atoms with Crippen molar-refractivity contribution in [2.75, 3.05) is 4.72 Å². The van der Waals surface area contributed by atoms with Crippen molar-refractivity contribution in [3.8, 4) is 0 Å². The maximum absolute atomic E-state index is 13.7. The van der Waals surface area contributed by atoms with Gasteiger partial charge >= 0.3 is 6.18 Å². The molecule has 2 aromatic carbocycles. The van der Waals surface area contributed by atoms with Crippen molar-refractivity contribution < 1.29 is 30.4 Å². The highest BCUT2D eigenvalue weighted by atomic mass is 79.9. The Kier molecular flexibility index (Phi) is 4.67. The summed E-state index contributed by atoms with van der Waals surface area (Å²) in [5.74, 6) is -2.64. The number of nitrogens with one attached hydrogen (secondary N) is 1. The van der Waals surface area contributed by atoms with Gasteiger partial charge in [-0.25, -0.2) is 17.2 Å². The minimum absolute atomic E-state index is 0.287. The molecular weight excluding hydrogens is 409 g/mol. The Bertz CT molecular complexity index is 852. The van der Waals surface area contributed by atoms with E-state index in [2.05, 4.69) is 15.9 Å². The molecule has 0 aliphatic heterocycles. The van der Waals surface area contributed by atoms with Crippen molar-refractivity contribution in [3.63, 3.8) is 0 Å². The SMILES string of the molecule is O=S(=O)(Nc1ccc(F)c(C(F)(F)F)c1)c1ccc(Br)cc1F. The first-order valence-electron chi connectivity index (χ1n) is 5.85. The zero-order valence-corrected chi connectivity index (χ0v) is 13.4. The summed E-state index contributed by atoms with van der Waals surface area (Å²) in [4.78, 5) is -0.751. The van der Waals surface area contributed by atoms with Crippen LogP contribution >= 0.6 is 15.9 Å². The van der Waals surface area contributed by atoms with Crippen molar-refractivity contribution in [1.82, 2.24) is 0 Å². The Morgan fingerprint density at radius 1 is 0.957 bits per heavy atom. The van der Waals surface area contributed by atoms with E-state index in [4.69, 9.17) is 0 Å². The highest BCUT2D eigenvalue weighted by Gasteiger charge is 2.34. The van der Waals surface area contributed by atoms with E-state index in [0.717, 1.165) is 18.2 Å². The molecular formula is C13H7BrF5NO2S. The van der Waals surface area contributed by atoms with Gasteiger partial charge in [-0.05, 0) is 36.4 Å². The number of rotatable bonds is 3. The second-order valence-corrected chi connectivity index (χ2v) is 6.94. The normalized spacial score (nSPS) is 12.3. The van der Waals surface area contributed by atoms with Crippen LogP contribution < -0.4 is 4.72 Å². The van der Waals surface area contributed by atoms with Gasteiger partial charge in [0, 0.05) is 10.2 Å². The second-order valence-electron chi connectivity index (χ2n) is 4.37. The van der Waals surface area contributed by atoms with E-state index >= 15 is 0 Å². The van der Waals surface area contributed by atoms with Gasteiger partial charge < -0.3 is 0 Å². The van der Waals surface area contributed by atoms with Crippen LogP contribution in [0.1, 0.15) is 5.56 Å². The quantitative estimate of drug-likeness (QED) is 0.747. The number of sulfonamides is 1. The largest absolute Gasteiger partial charge is 0.419 e. The van der Waals surface area contributed by atoms with Crippen LogP contribution in [-0.2, 0) is 16.2 Å². The fourth-order valence-electron chi connectivity index (χ4n) is 1.71. The van der Waals surface area contributed by atoms with Gasteiger partial charge in [0.05, 0.1) is 5.56 Å². The molecule has 0 amide bonds. The maximum Gasteiger partial charge on any atom is 0.419 e. The Labute approximate surface area is 136 Å². The summed E-state index contributed by atoms with van der Waals surface area (Å²) in [5.41, 5.74) is -2.17. The van der Waals surface area contributed by atoms with Crippen LogP contribution in [0.25, 0.3) is 0 Å². The molecule has 0 radical (unpaired) electrons. The van der Waals surface area contributed by atoms with Crippen LogP contribution in [-0.4, -0.2) is 8.42 Å². The first kappa shape index (κ1) is 17.7. The molecule has 0 unspecified atom stereocenters. The van der Waals surface area contributed by atoms with Crippen molar-refractivity contribution in [2.45, 2.75) is 11.1 Å². The number of halogens is 6. The number of alkyl halides is 3. The molecule has 0 bridgehead atoms. The van der Waals surface area contributed by atoms with Gasteiger partial charge in [-0.1, -0.05) is 15.9 Å². The van der Waals surface area contributed by atoms with Gasteiger partial charge in [-0.2, -0.15) is 13.2 Å². The number of anilines is 1. The Morgan fingerprint density at radius 2 is 1.61 bits per heavy atom. The first-order chi connectivity index (χ1) is 10.5. The lowest BCUT2D eigenvalue weighted by Gasteiger charge is -2.12. The summed E-state index contributed by atoms with van der Waals surface area (Å²) in [5, 5.41) is 0. The molecule has 0 aliphatic carbocycles. The van der Waals surface area contributed by atoms with Crippen molar-refractivity contribution in [2.24, 2.45) is 0 Å². The standard InChI is InChI=1S/C13H7BrF5NO2S/c14-7-1-4-12(11(16)5-7)23(21,22)20-8-2-3-10(15)9(6-8)13(17,18)19/h1-6,20H. The number of benzene rings is 2. The molecule has 23 heavy (non-hydrogen) atoms. The van der Waals surface area contributed by atoms with Crippen molar-refractivity contribution in [1.29, 1.82) is 0 Å². The van der Waals surface area contributed by atoms with Crippen molar-refractivity contribution >= 4 is 31.6 Å². The molecule has 2 aromatic rings. The van der Waals surface area contributed by atoms with Crippen LogP contribution in [0, 0.1) is 11.6 Å². The van der Waals surface area contributed by atoms with Crippen LogP contribution in [0.2, 0.25) is 0 Å². The molecule has 1 N–H and O–H groups in total. The molecule has 0 atom stereocenters. The third-order valence-electron chi connectivity index (χ3n) is 2.71. The van der Waals surface area contributed by atoms with Gasteiger partial charge in [0.15, 0.2) is 0 Å². The van der Waals surface area contributed by atoms with E-state index < -0.39 is 44.0 Å². The summed E-state index contributed by atoms with van der Waals surface area (Å²) in [6.45, 7) is 0. The molecule has 0 fully saturated rings. The minimum Gasteiger partial charge on any atom is -0.280 e. The Morgan fingerprint density at radius 3 is 2.17 bits per heavy atom. The van der Waals surface area contributed by atoms with E-state index in [-0.39, 0.29) is 4.47 Å². The molecule has 0 aromatic heterocycles. The van der Waals surface area contributed by atoms with E-state index in [1.807, 2.05) is 0 Å². The second kappa shape index (κ2) is 6.08. The van der Waals surface area contributed by atoms with E-state index in [1.54, 1.807) is 4.72 Å². The lowest BCUT2D eigenvalue weighted by Crippen LogP contribution is -2.16. The van der Waals surface area contributed by atoms with Gasteiger partial charge in [0.2, 0.25) is 0 Å². The lowest BCUT2D eigenvalue weighted by molar-refractivity contribution is -0.139. The zero-order chi connectivity index (χ0) is 17.4. The highest BCUT2D eigenvalue weighted by Crippen LogP contribution is 2.33. The smallest absolute Gasteiger partial charge is 0.280 e.